The number of hydrogen-bond acceptors (Lipinski definition) is 3. The Balaban J connectivity index is 2.63. The van der Waals surface area contributed by atoms with Crippen LogP contribution in [0, 0.1) is 6.92 Å². The lowest BCUT2D eigenvalue weighted by atomic mass is 9.88. The number of aryl methyl sites for hydroxylation is 1. The predicted molar refractivity (Wildman–Crippen MR) is 60.9 cm³/mol. The number of ether oxygens (including phenoxy) is 2. The summed E-state index contributed by atoms with van der Waals surface area (Å²) in [5, 5.41) is 0. The van der Waals surface area contributed by atoms with E-state index in [9.17, 15) is 4.79 Å². The summed E-state index contributed by atoms with van der Waals surface area (Å²) < 4.78 is 10.6. The zero-order chi connectivity index (χ0) is 11.9. The van der Waals surface area contributed by atoms with Crippen LogP contribution in [0.15, 0.2) is 12.1 Å². The second-order valence-corrected chi connectivity index (χ2v) is 4.76. The van der Waals surface area contributed by atoms with Crippen molar-refractivity contribution in [3.8, 4) is 5.75 Å². The van der Waals surface area contributed by atoms with Crippen LogP contribution in [0.25, 0.3) is 0 Å². The number of rotatable bonds is 1. The van der Waals surface area contributed by atoms with E-state index in [0.29, 0.717) is 11.3 Å². The minimum Gasteiger partial charge on any atom is -0.496 e. The maximum Gasteiger partial charge on any atom is 0.342 e. The molecule has 0 saturated heterocycles. The van der Waals surface area contributed by atoms with Gasteiger partial charge in [0.1, 0.15) is 16.9 Å². The van der Waals surface area contributed by atoms with E-state index in [4.69, 9.17) is 9.47 Å². The average Bonchev–Trinajstić information content (AvgIpc) is 2.18. The minimum atomic E-state index is -0.429. The monoisotopic (exact) mass is 220 g/mol. The van der Waals surface area contributed by atoms with Crippen molar-refractivity contribution in [2.24, 2.45) is 0 Å². The topological polar surface area (TPSA) is 35.5 Å². The third kappa shape index (κ3) is 1.66. The quantitative estimate of drug-likeness (QED) is 0.682. The van der Waals surface area contributed by atoms with Crippen LogP contribution in [-0.4, -0.2) is 18.7 Å². The lowest BCUT2D eigenvalue weighted by Crippen LogP contribution is -2.36. The second kappa shape index (κ2) is 3.51. The molecule has 1 aliphatic heterocycles. The number of carbonyl (C=O) groups is 1. The molecule has 16 heavy (non-hydrogen) atoms. The molecule has 0 spiro atoms. The Bertz CT molecular complexity index is 447. The van der Waals surface area contributed by atoms with Gasteiger partial charge in [0.2, 0.25) is 0 Å². The Morgan fingerprint density at radius 1 is 1.38 bits per heavy atom. The van der Waals surface area contributed by atoms with Crippen LogP contribution in [0.5, 0.6) is 5.75 Å². The van der Waals surface area contributed by atoms with Gasteiger partial charge in [-0.05, 0) is 38.0 Å². The molecule has 0 bridgehead atoms. The van der Waals surface area contributed by atoms with Crippen LogP contribution in [0.4, 0.5) is 0 Å². The molecule has 0 aromatic heterocycles. The molecule has 2 rings (SSSR count). The lowest BCUT2D eigenvalue weighted by molar-refractivity contribution is -0.00700. The summed E-state index contributed by atoms with van der Waals surface area (Å²) in [6.45, 7) is 5.85. The van der Waals surface area contributed by atoms with E-state index < -0.39 is 5.60 Å². The molecule has 1 aromatic rings. The fourth-order valence-electron chi connectivity index (χ4n) is 2.12. The Labute approximate surface area is 95.4 Å². The first-order valence-corrected chi connectivity index (χ1v) is 5.34. The van der Waals surface area contributed by atoms with Crippen LogP contribution in [0.3, 0.4) is 0 Å². The smallest absolute Gasteiger partial charge is 0.342 e. The molecule has 1 heterocycles. The summed E-state index contributed by atoms with van der Waals surface area (Å²) in [6, 6.07) is 3.79. The van der Waals surface area contributed by atoms with Crippen molar-refractivity contribution >= 4 is 5.97 Å². The molecule has 3 heteroatoms. The van der Waals surface area contributed by atoms with E-state index in [1.807, 2.05) is 32.9 Å². The number of benzene rings is 1. The summed E-state index contributed by atoms with van der Waals surface area (Å²) in [7, 11) is 1.57. The fourth-order valence-corrected chi connectivity index (χ4v) is 2.12. The highest BCUT2D eigenvalue weighted by atomic mass is 16.6. The van der Waals surface area contributed by atoms with Crippen LogP contribution in [0.2, 0.25) is 0 Å². The average molecular weight is 220 g/mol. The third-order valence-electron chi connectivity index (χ3n) is 2.90. The van der Waals surface area contributed by atoms with E-state index in [0.717, 1.165) is 17.5 Å². The van der Waals surface area contributed by atoms with Gasteiger partial charge in [-0.25, -0.2) is 4.79 Å². The second-order valence-electron chi connectivity index (χ2n) is 4.76. The molecular formula is C13H16O3. The standard InChI is InChI=1S/C13H16O3/c1-8-5-6-10(15-4)11-9(8)7-13(2,3)16-12(11)14/h5-6H,7H2,1-4H3. The van der Waals surface area contributed by atoms with E-state index in [-0.39, 0.29) is 5.97 Å². The summed E-state index contributed by atoms with van der Waals surface area (Å²) in [4.78, 5) is 11.9. The predicted octanol–water partition coefficient (Wildman–Crippen LogP) is 2.50. The maximum absolute atomic E-state index is 11.9. The Hall–Kier alpha value is -1.51. The van der Waals surface area contributed by atoms with Gasteiger partial charge >= 0.3 is 5.97 Å². The van der Waals surface area contributed by atoms with Crippen molar-refractivity contribution in [2.45, 2.75) is 32.8 Å². The van der Waals surface area contributed by atoms with Crippen molar-refractivity contribution in [1.82, 2.24) is 0 Å². The molecule has 0 radical (unpaired) electrons. The van der Waals surface area contributed by atoms with Gasteiger partial charge in [0.25, 0.3) is 0 Å². The molecule has 1 aromatic carbocycles. The first-order valence-electron chi connectivity index (χ1n) is 5.34. The molecule has 0 amide bonds. The first kappa shape index (κ1) is 11.0. The molecule has 3 nitrogen and oxygen atoms in total. The fraction of sp³-hybridized carbons (Fsp3) is 0.462. The van der Waals surface area contributed by atoms with Crippen LogP contribution in [-0.2, 0) is 11.2 Å². The number of methoxy groups -OCH3 is 1. The van der Waals surface area contributed by atoms with E-state index >= 15 is 0 Å². The van der Waals surface area contributed by atoms with E-state index in [2.05, 4.69) is 0 Å². The van der Waals surface area contributed by atoms with Gasteiger partial charge in [0.15, 0.2) is 0 Å². The van der Waals surface area contributed by atoms with Crippen molar-refractivity contribution in [2.75, 3.05) is 7.11 Å². The SMILES string of the molecule is COc1ccc(C)c2c1C(=O)OC(C)(C)C2. The molecule has 0 saturated carbocycles. The maximum atomic E-state index is 11.9. The molecule has 0 N–H and O–H groups in total. The van der Waals surface area contributed by atoms with Crippen LogP contribution >= 0.6 is 0 Å². The van der Waals surface area contributed by atoms with Crippen molar-refractivity contribution < 1.29 is 14.3 Å². The summed E-state index contributed by atoms with van der Waals surface area (Å²) in [5.41, 5.74) is 2.31. The normalized spacial score (nSPS) is 17.6. The first-order chi connectivity index (χ1) is 7.44. The zero-order valence-electron chi connectivity index (χ0n) is 10.1. The van der Waals surface area contributed by atoms with Crippen molar-refractivity contribution in [3.63, 3.8) is 0 Å². The van der Waals surface area contributed by atoms with Gasteiger partial charge in [0, 0.05) is 6.42 Å². The largest absolute Gasteiger partial charge is 0.496 e. The van der Waals surface area contributed by atoms with Crippen LogP contribution in [0.1, 0.15) is 35.3 Å². The molecule has 86 valence electrons. The number of esters is 1. The van der Waals surface area contributed by atoms with Crippen molar-refractivity contribution in [3.05, 3.63) is 28.8 Å². The van der Waals surface area contributed by atoms with Crippen LogP contribution < -0.4 is 4.74 Å². The molecule has 0 fully saturated rings. The third-order valence-corrected chi connectivity index (χ3v) is 2.90. The van der Waals surface area contributed by atoms with Gasteiger partial charge in [-0.1, -0.05) is 6.07 Å². The summed E-state index contributed by atoms with van der Waals surface area (Å²) >= 11 is 0. The number of fused-ring (bicyclic) bond motifs is 1. The van der Waals surface area contributed by atoms with E-state index in [1.165, 1.54) is 0 Å². The highest BCUT2D eigenvalue weighted by Gasteiger charge is 2.35. The van der Waals surface area contributed by atoms with Gasteiger partial charge in [-0.2, -0.15) is 0 Å². The number of carbonyl (C=O) groups excluding carboxylic acids is 1. The zero-order valence-corrected chi connectivity index (χ0v) is 10.1. The Morgan fingerprint density at radius 2 is 2.06 bits per heavy atom. The molecule has 1 aliphatic rings. The van der Waals surface area contributed by atoms with Crippen molar-refractivity contribution in [1.29, 1.82) is 0 Å². The Morgan fingerprint density at radius 3 is 2.69 bits per heavy atom. The number of cyclic esters (lactones) is 1. The summed E-state index contributed by atoms with van der Waals surface area (Å²) in [6.07, 6.45) is 0.733. The van der Waals surface area contributed by atoms with Gasteiger partial charge in [-0.3, -0.25) is 0 Å². The Kier molecular flexibility index (Phi) is 2.41. The molecular weight excluding hydrogens is 204 g/mol. The van der Waals surface area contributed by atoms with Gasteiger partial charge < -0.3 is 9.47 Å². The molecule has 0 unspecified atom stereocenters. The lowest BCUT2D eigenvalue weighted by Gasteiger charge is -2.32. The van der Waals surface area contributed by atoms with Gasteiger partial charge in [-0.15, -0.1) is 0 Å². The highest BCUT2D eigenvalue weighted by molar-refractivity contribution is 5.96. The molecule has 0 atom stereocenters. The number of hydrogen-bond donors (Lipinski definition) is 0. The van der Waals surface area contributed by atoms with Gasteiger partial charge in [0.05, 0.1) is 7.11 Å². The molecule has 0 aliphatic carbocycles. The van der Waals surface area contributed by atoms with E-state index in [1.54, 1.807) is 7.11 Å². The minimum absolute atomic E-state index is 0.285. The summed E-state index contributed by atoms with van der Waals surface area (Å²) in [5.74, 6) is 0.313. The highest BCUT2D eigenvalue weighted by Crippen LogP contribution is 2.35.